The largest absolute Gasteiger partial charge is 0.397 e. The zero-order valence-electron chi connectivity index (χ0n) is 9.47. The summed E-state index contributed by atoms with van der Waals surface area (Å²) in [6.07, 6.45) is 0. The highest BCUT2D eigenvalue weighted by molar-refractivity contribution is 5.59. The summed E-state index contributed by atoms with van der Waals surface area (Å²) in [5.74, 6) is -2.97. The van der Waals surface area contributed by atoms with Gasteiger partial charge < -0.3 is 11.1 Å². The van der Waals surface area contributed by atoms with E-state index in [-0.39, 0.29) is 5.69 Å². The average Bonchev–Trinajstić information content (AvgIpc) is 2.31. The van der Waals surface area contributed by atoms with Gasteiger partial charge in [0.15, 0.2) is 11.6 Å². The summed E-state index contributed by atoms with van der Waals surface area (Å²) in [4.78, 5) is 4.04. The Morgan fingerprint density at radius 2 is 1.72 bits per heavy atom. The predicted octanol–water partition coefficient (Wildman–Crippen LogP) is 3.13. The van der Waals surface area contributed by atoms with E-state index < -0.39 is 17.5 Å². The fourth-order valence-corrected chi connectivity index (χ4v) is 1.40. The van der Waals surface area contributed by atoms with Crippen molar-refractivity contribution in [1.29, 1.82) is 0 Å². The lowest BCUT2D eigenvalue weighted by molar-refractivity contribution is 0.496. The molecule has 94 valence electrons. The van der Waals surface area contributed by atoms with Crippen LogP contribution in [0.2, 0.25) is 0 Å². The number of aryl methyl sites for hydroxylation is 1. The molecule has 0 unspecified atom stereocenters. The Morgan fingerprint density at radius 3 is 2.39 bits per heavy atom. The SMILES string of the molecule is Cc1nc(Nc2cc(F)c(F)cc2F)ccc1N. The number of nitrogen functional groups attached to an aromatic ring is 1. The molecule has 2 aromatic rings. The number of aromatic nitrogens is 1. The number of benzene rings is 1. The average molecular weight is 253 g/mol. The fraction of sp³-hybridized carbons (Fsp3) is 0.0833. The van der Waals surface area contributed by atoms with Crippen LogP contribution in [0.3, 0.4) is 0 Å². The minimum atomic E-state index is -1.24. The summed E-state index contributed by atoms with van der Waals surface area (Å²) in [7, 11) is 0. The van der Waals surface area contributed by atoms with Gasteiger partial charge in [-0.1, -0.05) is 0 Å². The maximum Gasteiger partial charge on any atom is 0.161 e. The van der Waals surface area contributed by atoms with E-state index >= 15 is 0 Å². The number of nitrogens with two attached hydrogens (primary N) is 1. The fourth-order valence-electron chi connectivity index (χ4n) is 1.40. The summed E-state index contributed by atoms with van der Waals surface area (Å²) < 4.78 is 39.1. The first-order chi connectivity index (χ1) is 8.47. The second-order valence-corrected chi connectivity index (χ2v) is 3.74. The number of rotatable bonds is 2. The van der Waals surface area contributed by atoms with Crippen molar-refractivity contribution in [2.45, 2.75) is 6.92 Å². The summed E-state index contributed by atoms with van der Waals surface area (Å²) in [5, 5.41) is 2.56. The Hall–Kier alpha value is -2.24. The first-order valence-corrected chi connectivity index (χ1v) is 5.12. The molecule has 1 aromatic heterocycles. The van der Waals surface area contributed by atoms with E-state index in [1.165, 1.54) is 6.07 Å². The van der Waals surface area contributed by atoms with Gasteiger partial charge in [-0.2, -0.15) is 0 Å². The maximum atomic E-state index is 13.4. The topological polar surface area (TPSA) is 50.9 Å². The van der Waals surface area contributed by atoms with Crippen LogP contribution >= 0.6 is 0 Å². The summed E-state index contributed by atoms with van der Waals surface area (Å²) in [5.41, 5.74) is 6.44. The van der Waals surface area contributed by atoms with Crippen LogP contribution in [0.4, 0.5) is 30.4 Å². The van der Waals surface area contributed by atoms with Gasteiger partial charge in [-0.15, -0.1) is 0 Å². The number of halogens is 3. The molecule has 6 heteroatoms. The minimum Gasteiger partial charge on any atom is -0.397 e. The third-order valence-electron chi connectivity index (χ3n) is 2.40. The van der Waals surface area contributed by atoms with Crippen molar-refractivity contribution in [2.24, 2.45) is 0 Å². The molecule has 0 aliphatic heterocycles. The van der Waals surface area contributed by atoms with Crippen LogP contribution in [0.5, 0.6) is 0 Å². The van der Waals surface area contributed by atoms with Gasteiger partial charge in [0.2, 0.25) is 0 Å². The lowest BCUT2D eigenvalue weighted by Gasteiger charge is -2.09. The molecule has 0 radical (unpaired) electrons. The lowest BCUT2D eigenvalue weighted by Crippen LogP contribution is -2.01. The Labute approximate surface area is 101 Å². The molecule has 0 fully saturated rings. The van der Waals surface area contributed by atoms with Crippen LogP contribution < -0.4 is 11.1 Å². The summed E-state index contributed by atoms with van der Waals surface area (Å²) >= 11 is 0. The van der Waals surface area contributed by atoms with Gasteiger partial charge >= 0.3 is 0 Å². The Bertz CT molecular complexity index is 599. The quantitative estimate of drug-likeness (QED) is 0.808. The number of hydrogen-bond acceptors (Lipinski definition) is 3. The Balaban J connectivity index is 2.34. The second-order valence-electron chi connectivity index (χ2n) is 3.74. The first-order valence-electron chi connectivity index (χ1n) is 5.12. The molecule has 1 heterocycles. The van der Waals surface area contributed by atoms with Crippen molar-refractivity contribution in [3.8, 4) is 0 Å². The molecule has 0 saturated carbocycles. The van der Waals surface area contributed by atoms with Gasteiger partial charge in [0.05, 0.1) is 17.1 Å². The highest BCUT2D eigenvalue weighted by Crippen LogP contribution is 2.22. The van der Waals surface area contributed by atoms with Crippen LogP contribution in [-0.2, 0) is 0 Å². The molecule has 2 rings (SSSR count). The highest BCUT2D eigenvalue weighted by atomic mass is 19.2. The first kappa shape index (κ1) is 12.2. The molecule has 0 bridgehead atoms. The monoisotopic (exact) mass is 253 g/mol. The lowest BCUT2D eigenvalue weighted by atomic mass is 10.2. The van der Waals surface area contributed by atoms with Crippen LogP contribution in [0.15, 0.2) is 24.3 Å². The molecule has 0 saturated heterocycles. The van der Waals surface area contributed by atoms with Gasteiger partial charge in [0, 0.05) is 12.1 Å². The van der Waals surface area contributed by atoms with Crippen LogP contribution in [0, 0.1) is 24.4 Å². The van der Waals surface area contributed by atoms with Crippen LogP contribution in [-0.4, -0.2) is 4.98 Å². The molecule has 3 nitrogen and oxygen atoms in total. The van der Waals surface area contributed by atoms with E-state index in [1.807, 2.05) is 0 Å². The molecule has 0 amide bonds. The number of anilines is 3. The molecule has 0 aliphatic carbocycles. The van der Waals surface area contributed by atoms with Crippen molar-refractivity contribution in [2.75, 3.05) is 11.1 Å². The Morgan fingerprint density at radius 1 is 1.06 bits per heavy atom. The highest BCUT2D eigenvalue weighted by Gasteiger charge is 2.10. The maximum absolute atomic E-state index is 13.4. The van der Waals surface area contributed by atoms with E-state index in [0.717, 1.165) is 6.07 Å². The van der Waals surface area contributed by atoms with Crippen molar-refractivity contribution in [3.05, 3.63) is 47.4 Å². The summed E-state index contributed by atoms with van der Waals surface area (Å²) in [6.45, 7) is 1.68. The van der Waals surface area contributed by atoms with E-state index in [1.54, 1.807) is 13.0 Å². The van der Waals surface area contributed by atoms with Gasteiger partial charge in [0.1, 0.15) is 11.6 Å². The number of hydrogen-bond donors (Lipinski definition) is 2. The standard InChI is InChI=1S/C12H10F3N3/c1-6-10(16)2-3-12(17-6)18-11-5-8(14)7(13)4-9(11)15/h2-5H,16H2,1H3,(H,17,18). The van der Waals surface area contributed by atoms with Crippen molar-refractivity contribution in [3.63, 3.8) is 0 Å². The van der Waals surface area contributed by atoms with E-state index in [9.17, 15) is 13.2 Å². The predicted molar refractivity (Wildman–Crippen MR) is 63.0 cm³/mol. The van der Waals surface area contributed by atoms with E-state index in [0.29, 0.717) is 23.3 Å². The van der Waals surface area contributed by atoms with Gasteiger partial charge in [-0.3, -0.25) is 0 Å². The van der Waals surface area contributed by atoms with Gasteiger partial charge in [0.25, 0.3) is 0 Å². The van der Waals surface area contributed by atoms with Crippen molar-refractivity contribution >= 4 is 17.2 Å². The molecule has 0 atom stereocenters. The number of nitrogens with one attached hydrogen (secondary N) is 1. The van der Waals surface area contributed by atoms with Gasteiger partial charge in [-0.05, 0) is 19.1 Å². The third kappa shape index (κ3) is 2.37. The van der Waals surface area contributed by atoms with Gasteiger partial charge in [-0.25, -0.2) is 18.2 Å². The van der Waals surface area contributed by atoms with Crippen LogP contribution in [0.1, 0.15) is 5.69 Å². The number of pyridine rings is 1. The Kier molecular flexibility index (Phi) is 3.10. The second kappa shape index (κ2) is 4.56. The molecular weight excluding hydrogens is 243 g/mol. The zero-order valence-corrected chi connectivity index (χ0v) is 9.47. The summed E-state index contributed by atoms with van der Waals surface area (Å²) in [6, 6.07) is 4.31. The molecule has 0 aliphatic rings. The van der Waals surface area contributed by atoms with E-state index in [2.05, 4.69) is 10.3 Å². The normalized spacial score (nSPS) is 10.4. The number of nitrogens with zero attached hydrogens (tertiary/aromatic N) is 1. The van der Waals surface area contributed by atoms with E-state index in [4.69, 9.17) is 5.73 Å². The molecule has 3 N–H and O–H groups in total. The molecule has 18 heavy (non-hydrogen) atoms. The molecule has 1 aromatic carbocycles. The minimum absolute atomic E-state index is 0.189. The molecule has 0 spiro atoms. The van der Waals surface area contributed by atoms with Crippen LogP contribution in [0.25, 0.3) is 0 Å². The third-order valence-corrected chi connectivity index (χ3v) is 2.40. The van der Waals surface area contributed by atoms with Crippen molar-refractivity contribution < 1.29 is 13.2 Å². The smallest absolute Gasteiger partial charge is 0.161 e. The zero-order chi connectivity index (χ0) is 13.3. The molecular formula is C12H10F3N3. The van der Waals surface area contributed by atoms with Crippen molar-refractivity contribution in [1.82, 2.24) is 4.98 Å².